The molecule has 1 saturated heterocycles. The highest BCUT2D eigenvalue weighted by atomic mass is 32.2. The molecule has 1 aliphatic heterocycles. The van der Waals surface area contributed by atoms with Crippen molar-refractivity contribution in [1.29, 1.82) is 0 Å². The summed E-state index contributed by atoms with van der Waals surface area (Å²) < 4.78 is 13.0. The Hall–Kier alpha value is -2.15. The minimum Gasteiger partial charge on any atom is -0.354 e. The van der Waals surface area contributed by atoms with Gasteiger partial charge in [0.25, 0.3) is 11.1 Å². The number of fused-ring (bicyclic) bond motifs is 2. The lowest BCUT2D eigenvalue weighted by Crippen LogP contribution is -2.38. The van der Waals surface area contributed by atoms with Gasteiger partial charge in [0.15, 0.2) is 0 Å². The van der Waals surface area contributed by atoms with Crippen LogP contribution in [0, 0.1) is 23.6 Å². The number of carbonyl (C=O) groups is 3. The van der Waals surface area contributed by atoms with Crippen molar-refractivity contribution in [2.45, 2.75) is 32.1 Å². The zero-order valence-electron chi connectivity index (χ0n) is 15.5. The van der Waals surface area contributed by atoms with Crippen LogP contribution in [0.2, 0.25) is 0 Å². The summed E-state index contributed by atoms with van der Waals surface area (Å²) in [5, 5.41) is 2.51. The second-order valence-electron chi connectivity index (χ2n) is 7.87. The number of nitrogens with zero attached hydrogens (tertiary/aromatic N) is 1. The molecule has 28 heavy (non-hydrogen) atoms. The van der Waals surface area contributed by atoms with Crippen molar-refractivity contribution in [2.24, 2.45) is 17.8 Å². The van der Waals surface area contributed by atoms with Gasteiger partial charge < -0.3 is 5.32 Å². The summed E-state index contributed by atoms with van der Waals surface area (Å²) in [5.41, 5.74) is 0.658. The normalized spacial score (nSPS) is 27.8. The molecule has 1 aromatic carbocycles. The van der Waals surface area contributed by atoms with Crippen LogP contribution in [0.3, 0.4) is 0 Å². The van der Waals surface area contributed by atoms with E-state index in [4.69, 9.17) is 0 Å². The molecular weight excluding hydrogens is 379 g/mol. The van der Waals surface area contributed by atoms with Crippen molar-refractivity contribution >= 4 is 34.9 Å². The van der Waals surface area contributed by atoms with E-state index >= 15 is 0 Å². The highest BCUT2D eigenvalue weighted by Gasteiger charge is 2.40. The first-order valence-corrected chi connectivity index (χ1v) is 10.6. The highest BCUT2D eigenvalue weighted by Crippen LogP contribution is 2.49. The van der Waals surface area contributed by atoms with Crippen molar-refractivity contribution in [3.8, 4) is 0 Å². The summed E-state index contributed by atoms with van der Waals surface area (Å²) in [6, 6.07) is 5.72. The third kappa shape index (κ3) is 4.14. The standard InChI is InChI=1S/C21H23FN2O3S/c22-17-5-2-13(3-6-17)11-18-20(26)24(21(27)28-18)8-7-23-19(25)12-16-10-14-1-4-15(16)9-14/h2-3,5-6,11,14-16H,1,4,7-10,12H2,(H,23,25)/b18-11-/t14-,15-,16-/m1/s1. The molecule has 0 aromatic heterocycles. The van der Waals surface area contributed by atoms with E-state index in [2.05, 4.69) is 5.32 Å². The second kappa shape index (κ2) is 8.07. The molecule has 148 valence electrons. The minimum absolute atomic E-state index is 0.00590. The van der Waals surface area contributed by atoms with Crippen LogP contribution in [0.15, 0.2) is 29.2 Å². The Morgan fingerprint density at radius 1 is 1.21 bits per heavy atom. The molecule has 3 aliphatic rings. The van der Waals surface area contributed by atoms with Crippen molar-refractivity contribution in [3.63, 3.8) is 0 Å². The minimum atomic E-state index is -0.373. The molecule has 3 amide bonds. The highest BCUT2D eigenvalue weighted by molar-refractivity contribution is 8.18. The van der Waals surface area contributed by atoms with Crippen LogP contribution in [0.1, 0.15) is 37.7 Å². The molecule has 3 atom stereocenters. The second-order valence-corrected chi connectivity index (χ2v) is 8.87. The fraction of sp³-hybridized carbons (Fsp3) is 0.476. The molecule has 2 aliphatic carbocycles. The number of amides is 3. The Morgan fingerprint density at radius 3 is 2.68 bits per heavy atom. The maximum Gasteiger partial charge on any atom is 0.293 e. The van der Waals surface area contributed by atoms with Gasteiger partial charge in [-0.1, -0.05) is 18.6 Å². The van der Waals surface area contributed by atoms with E-state index in [0.717, 1.165) is 29.0 Å². The summed E-state index contributed by atoms with van der Waals surface area (Å²) in [6.07, 6.45) is 7.13. The van der Waals surface area contributed by atoms with Crippen LogP contribution in [0.25, 0.3) is 6.08 Å². The lowest BCUT2D eigenvalue weighted by molar-refractivity contribution is -0.124. The lowest BCUT2D eigenvalue weighted by atomic mass is 9.86. The summed E-state index contributed by atoms with van der Waals surface area (Å²) in [5.74, 6) is 1.29. The van der Waals surface area contributed by atoms with E-state index in [1.54, 1.807) is 18.2 Å². The maximum atomic E-state index is 13.0. The van der Waals surface area contributed by atoms with Crippen LogP contribution in [0.4, 0.5) is 9.18 Å². The van der Waals surface area contributed by atoms with Crippen LogP contribution in [0.5, 0.6) is 0 Å². The first-order valence-electron chi connectivity index (χ1n) is 9.77. The lowest BCUT2D eigenvalue weighted by Gasteiger charge is -2.21. The number of hydrogen-bond donors (Lipinski definition) is 1. The number of thioether (sulfide) groups is 1. The molecule has 2 bridgehead atoms. The zero-order chi connectivity index (χ0) is 19.7. The van der Waals surface area contributed by atoms with Gasteiger partial charge in [0.2, 0.25) is 5.91 Å². The summed E-state index contributed by atoms with van der Waals surface area (Å²) in [7, 11) is 0. The van der Waals surface area contributed by atoms with E-state index in [-0.39, 0.29) is 36.0 Å². The Labute approximate surface area is 167 Å². The number of benzene rings is 1. The predicted octanol–water partition coefficient (Wildman–Crippen LogP) is 3.80. The largest absolute Gasteiger partial charge is 0.354 e. The number of hydrogen-bond acceptors (Lipinski definition) is 4. The maximum absolute atomic E-state index is 13.0. The van der Waals surface area contributed by atoms with Crippen molar-refractivity contribution in [2.75, 3.05) is 13.1 Å². The van der Waals surface area contributed by atoms with E-state index in [1.165, 1.54) is 31.4 Å². The first kappa shape index (κ1) is 19.2. The fourth-order valence-electron chi connectivity index (χ4n) is 4.65. The third-order valence-electron chi connectivity index (χ3n) is 6.03. The zero-order valence-corrected chi connectivity index (χ0v) is 16.3. The number of nitrogens with one attached hydrogen (secondary N) is 1. The van der Waals surface area contributed by atoms with Gasteiger partial charge in [0.05, 0.1) is 4.91 Å². The number of imide groups is 1. The smallest absolute Gasteiger partial charge is 0.293 e. The molecule has 0 unspecified atom stereocenters. The molecule has 1 N–H and O–H groups in total. The summed E-state index contributed by atoms with van der Waals surface area (Å²) in [4.78, 5) is 38.3. The number of rotatable bonds is 6. The van der Waals surface area contributed by atoms with Gasteiger partial charge >= 0.3 is 0 Å². The number of carbonyl (C=O) groups excluding carboxylic acids is 3. The van der Waals surface area contributed by atoms with Gasteiger partial charge in [0, 0.05) is 19.5 Å². The fourth-order valence-corrected chi connectivity index (χ4v) is 5.51. The average molecular weight is 402 g/mol. The molecule has 1 aromatic rings. The van der Waals surface area contributed by atoms with Gasteiger partial charge in [-0.3, -0.25) is 19.3 Å². The van der Waals surface area contributed by atoms with Gasteiger partial charge in [-0.15, -0.1) is 0 Å². The van der Waals surface area contributed by atoms with Crippen LogP contribution >= 0.6 is 11.8 Å². The van der Waals surface area contributed by atoms with E-state index in [9.17, 15) is 18.8 Å². The van der Waals surface area contributed by atoms with Gasteiger partial charge in [-0.05, 0) is 72.6 Å². The van der Waals surface area contributed by atoms with Gasteiger partial charge in [-0.25, -0.2) is 4.39 Å². The summed E-state index contributed by atoms with van der Waals surface area (Å²) in [6.45, 7) is 0.426. The molecule has 7 heteroatoms. The summed E-state index contributed by atoms with van der Waals surface area (Å²) >= 11 is 0.866. The van der Waals surface area contributed by atoms with Crippen LogP contribution in [-0.4, -0.2) is 35.0 Å². The van der Waals surface area contributed by atoms with E-state index in [1.807, 2.05) is 0 Å². The molecule has 3 fully saturated rings. The van der Waals surface area contributed by atoms with Crippen LogP contribution < -0.4 is 5.32 Å². The SMILES string of the molecule is O=C(C[C@H]1C[C@@H]2CC[C@@H]1C2)NCCN1C(=O)S/C(=C\c2ccc(F)cc2)C1=O. The molecule has 4 rings (SSSR count). The average Bonchev–Trinajstić information content (AvgIpc) is 3.35. The Morgan fingerprint density at radius 2 is 2.00 bits per heavy atom. The van der Waals surface area contributed by atoms with E-state index < -0.39 is 0 Å². The molecule has 2 saturated carbocycles. The monoisotopic (exact) mass is 402 g/mol. The Bertz CT molecular complexity index is 823. The molecule has 1 heterocycles. The van der Waals surface area contributed by atoms with Crippen LogP contribution in [-0.2, 0) is 9.59 Å². The third-order valence-corrected chi connectivity index (χ3v) is 6.94. The van der Waals surface area contributed by atoms with Crippen molar-refractivity contribution < 1.29 is 18.8 Å². The molecule has 5 nitrogen and oxygen atoms in total. The van der Waals surface area contributed by atoms with Gasteiger partial charge in [0.1, 0.15) is 5.82 Å². The predicted molar refractivity (Wildman–Crippen MR) is 106 cm³/mol. The van der Waals surface area contributed by atoms with Crippen molar-refractivity contribution in [3.05, 3.63) is 40.6 Å². The Kier molecular flexibility index (Phi) is 5.53. The van der Waals surface area contributed by atoms with Crippen molar-refractivity contribution in [1.82, 2.24) is 10.2 Å². The molecule has 0 spiro atoms. The topological polar surface area (TPSA) is 66.5 Å². The molecule has 0 radical (unpaired) electrons. The Balaban J connectivity index is 1.26. The quantitative estimate of drug-likeness (QED) is 0.735. The van der Waals surface area contributed by atoms with E-state index in [0.29, 0.717) is 28.7 Å². The number of halogens is 1. The molecular formula is C21H23FN2O3S. The first-order chi connectivity index (χ1) is 13.5. The van der Waals surface area contributed by atoms with Gasteiger partial charge in [-0.2, -0.15) is 0 Å².